The lowest BCUT2D eigenvalue weighted by Crippen LogP contribution is -2.70. The summed E-state index contributed by atoms with van der Waals surface area (Å²) in [4.78, 5) is 36.3. The second-order valence-corrected chi connectivity index (χ2v) is 11.3. The Morgan fingerprint density at radius 1 is 1.00 bits per heavy atom. The van der Waals surface area contributed by atoms with Crippen molar-refractivity contribution in [2.75, 3.05) is 6.61 Å². The molecule has 4 rings (SSSR count). The van der Waals surface area contributed by atoms with E-state index in [1.807, 2.05) is 13.8 Å². The highest BCUT2D eigenvalue weighted by atomic mass is 19.1. The van der Waals surface area contributed by atoms with Gasteiger partial charge in [-0.05, 0) is 68.6 Å². The number of fused-ring (bicyclic) bond motifs is 5. The Labute approximate surface area is 189 Å². The van der Waals surface area contributed by atoms with Gasteiger partial charge in [0, 0.05) is 31.1 Å². The molecule has 0 saturated heterocycles. The van der Waals surface area contributed by atoms with Crippen molar-refractivity contribution in [2.24, 2.45) is 34.5 Å². The van der Waals surface area contributed by atoms with Crippen LogP contribution < -0.4 is 0 Å². The third-order valence-electron chi connectivity index (χ3n) is 9.80. The molecule has 0 spiro atoms. The average Bonchev–Trinajstić information content (AvgIpc) is 3.04. The van der Waals surface area contributed by atoms with E-state index in [1.54, 1.807) is 0 Å². The predicted molar refractivity (Wildman–Crippen MR) is 114 cm³/mol. The molecule has 4 saturated carbocycles. The Bertz CT molecular complexity index is 799. The third-order valence-corrected chi connectivity index (χ3v) is 9.80. The molecule has 0 unspecified atom stereocenters. The maximum absolute atomic E-state index is 17.6. The van der Waals surface area contributed by atoms with Crippen LogP contribution in [-0.2, 0) is 23.9 Å². The van der Waals surface area contributed by atoms with Gasteiger partial charge in [-0.25, -0.2) is 4.39 Å². The third kappa shape index (κ3) is 3.41. The van der Waals surface area contributed by atoms with Gasteiger partial charge in [-0.15, -0.1) is 0 Å². The van der Waals surface area contributed by atoms with Crippen molar-refractivity contribution in [2.45, 2.75) is 96.9 Å². The second-order valence-electron chi connectivity index (χ2n) is 11.3. The molecule has 4 fully saturated rings. The first-order valence-electron chi connectivity index (χ1n) is 12.1. The van der Waals surface area contributed by atoms with Crippen LogP contribution in [0.2, 0.25) is 0 Å². The normalized spacial score (nSPS) is 47.6. The Morgan fingerprint density at radius 3 is 2.34 bits per heavy atom. The minimum absolute atomic E-state index is 0.00945. The number of alkyl halides is 1. The number of esters is 2. The summed E-state index contributed by atoms with van der Waals surface area (Å²) in [6.45, 7) is 6.37. The van der Waals surface area contributed by atoms with Crippen LogP contribution in [0.3, 0.4) is 0 Å². The second kappa shape index (κ2) is 8.07. The standard InChI is InChI=1S/C25H37FO6/c1-14(27)31-13-21(30)20-8-7-18-19-6-5-16-11-17(29)9-10-24(16,4)25(19,26)22(32-15(2)28)12-23(18,20)3/h16-20,22,29H,5-13H2,1-4H3/t16-,17+,18+,19+,20-,22-,23+,24+,25+/m1/s1. The van der Waals surface area contributed by atoms with Crippen LogP contribution in [0.4, 0.5) is 4.39 Å². The van der Waals surface area contributed by atoms with Gasteiger partial charge in [-0.2, -0.15) is 0 Å². The Hall–Kier alpha value is -1.50. The first-order valence-corrected chi connectivity index (χ1v) is 12.1. The van der Waals surface area contributed by atoms with E-state index in [9.17, 15) is 19.5 Å². The number of carbonyl (C=O) groups is 3. The largest absolute Gasteiger partial charge is 0.459 e. The van der Waals surface area contributed by atoms with Gasteiger partial charge < -0.3 is 14.6 Å². The molecule has 0 aromatic heterocycles. The molecule has 7 heteroatoms. The highest BCUT2D eigenvalue weighted by molar-refractivity contribution is 5.85. The number of ether oxygens (including phenoxy) is 2. The zero-order chi connectivity index (χ0) is 23.5. The van der Waals surface area contributed by atoms with Crippen molar-refractivity contribution in [1.82, 2.24) is 0 Å². The number of hydrogen-bond donors (Lipinski definition) is 1. The number of ketones is 1. The van der Waals surface area contributed by atoms with E-state index in [-0.39, 0.29) is 36.1 Å². The minimum atomic E-state index is -1.68. The first kappa shape index (κ1) is 23.7. The molecule has 0 aromatic rings. The summed E-state index contributed by atoms with van der Waals surface area (Å²) in [5.74, 6) is -1.70. The maximum Gasteiger partial charge on any atom is 0.303 e. The molecule has 32 heavy (non-hydrogen) atoms. The van der Waals surface area contributed by atoms with E-state index in [4.69, 9.17) is 9.47 Å². The lowest BCUT2D eigenvalue weighted by Gasteiger charge is -2.65. The van der Waals surface area contributed by atoms with E-state index >= 15 is 4.39 Å². The zero-order valence-electron chi connectivity index (χ0n) is 19.7. The summed E-state index contributed by atoms with van der Waals surface area (Å²) in [5, 5.41) is 10.2. The molecular formula is C25H37FO6. The summed E-state index contributed by atoms with van der Waals surface area (Å²) in [5.41, 5.74) is -2.86. The van der Waals surface area contributed by atoms with E-state index in [0.717, 1.165) is 12.8 Å². The van der Waals surface area contributed by atoms with Crippen molar-refractivity contribution < 1.29 is 33.4 Å². The van der Waals surface area contributed by atoms with Gasteiger partial charge in [0.25, 0.3) is 0 Å². The molecule has 0 radical (unpaired) electrons. The highest BCUT2D eigenvalue weighted by Crippen LogP contribution is 2.70. The van der Waals surface area contributed by atoms with Crippen molar-refractivity contribution in [1.29, 1.82) is 0 Å². The molecule has 0 amide bonds. The number of aliphatic hydroxyl groups excluding tert-OH is 1. The van der Waals surface area contributed by atoms with Gasteiger partial charge in [-0.3, -0.25) is 14.4 Å². The van der Waals surface area contributed by atoms with Gasteiger partial charge in [-0.1, -0.05) is 13.8 Å². The fourth-order valence-corrected chi connectivity index (χ4v) is 8.33. The van der Waals surface area contributed by atoms with Crippen LogP contribution >= 0.6 is 0 Å². The summed E-state index contributed by atoms with van der Waals surface area (Å²) in [6, 6.07) is 0. The Kier molecular flexibility index (Phi) is 5.96. The van der Waals surface area contributed by atoms with Crippen LogP contribution in [0.25, 0.3) is 0 Å². The molecule has 4 aliphatic rings. The van der Waals surface area contributed by atoms with Crippen molar-refractivity contribution >= 4 is 17.7 Å². The molecule has 0 aliphatic heterocycles. The van der Waals surface area contributed by atoms with Gasteiger partial charge >= 0.3 is 11.9 Å². The number of carbonyl (C=O) groups excluding carboxylic acids is 3. The van der Waals surface area contributed by atoms with Gasteiger partial charge in [0.2, 0.25) is 0 Å². The molecule has 4 aliphatic carbocycles. The molecular weight excluding hydrogens is 415 g/mol. The van der Waals surface area contributed by atoms with Gasteiger partial charge in [0.05, 0.1) is 6.10 Å². The molecule has 1 N–H and O–H groups in total. The summed E-state index contributed by atoms with van der Waals surface area (Å²) in [7, 11) is 0. The molecule has 180 valence electrons. The van der Waals surface area contributed by atoms with Crippen LogP contribution in [-0.4, -0.2) is 47.3 Å². The fourth-order valence-electron chi connectivity index (χ4n) is 8.33. The number of halogens is 1. The highest BCUT2D eigenvalue weighted by Gasteiger charge is 2.73. The number of rotatable bonds is 4. The van der Waals surface area contributed by atoms with E-state index in [2.05, 4.69) is 0 Å². The lowest BCUT2D eigenvalue weighted by molar-refractivity contribution is -0.255. The Balaban J connectivity index is 1.70. The van der Waals surface area contributed by atoms with Crippen LogP contribution in [0.5, 0.6) is 0 Å². The van der Waals surface area contributed by atoms with Gasteiger partial charge in [0.1, 0.15) is 12.7 Å². The lowest BCUT2D eigenvalue weighted by atomic mass is 9.42. The van der Waals surface area contributed by atoms with Crippen molar-refractivity contribution in [3.63, 3.8) is 0 Å². The minimum Gasteiger partial charge on any atom is -0.459 e. The first-order chi connectivity index (χ1) is 14.9. The van der Waals surface area contributed by atoms with Crippen LogP contribution in [0.15, 0.2) is 0 Å². The van der Waals surface area contributed by atoms with Crippen molar-refractivity contribution in [3.8, 4) is 0 Å². The molecule has 0 bridgehead atoms. The van der Waals surface area contributed by atoms with E-state index in [0.29, 0.717) is 38.5 Å². The van der Waals surface area contributed by atoms with E-state index < -0.39 is 40.6 Å². The molecule has 0 aromatic carbocycles. The molecule has 0 heterocycles. The molecule has 9 atom stereocenters. The summed E-state index contributed by atoms with van der Waals surface area (Å²) in [6.07, 6.45) is 3.60. The maximum atomic E-state index is 17.6. The smallest absolute Gasteiger partial charge is 0.303 e. The van der Waals surface area contributed by atoms with Crippen molar-refractivity contribution in [3.05, 3.63) is 0 Å². The monoisotopic (exact) mass is 452 g/mol. The number of aliphatic hydroxyl groups is 1. The fraction of sp³-hybridized carbons (Fsp3) is 0.880. The number of Topliss-reactive ketones (excluding diaryl/α,β-unsaturated/α-hetero) is 1. The van der Waals surface area contributed by atoms with Crippen LogP contribution in [0, 0.1) is 34.5 Å². The SMILES string of the molecule is CC(=O)OCC(=O)[C@H]1CC[C@H]2[C@@H]3CC[C@@H]4C[C@@H](O)CC[C@]4(C)[C@@]3(F)[C@H](OC(C)=O)C[C@]12C. The van der Waals surface area contributed by atoms with E-state index in [1.165, 1.54) is 13.8 Å². The summed E-state index contributed by atoms with van der Waals surface area (Å²) >= 11 is 0. The summed E-state index contributed by atoms with van der Waals surface area (Å²) < 4.78 is 28.3. The Morgan fingerprint density at radius 2 is 1.69 bits per heavy atom. The number of hydrogen-bond acceptors (Lipinski definition) is 6. The topological polar surface area (TPSA) is 89.9 Å². The predicted octanol–water partition coefficient (Wildman–Crippen LogP) is 3.77. The zero-order valence-corrected chi connectivity index (χ0v) is 19.7. The molecule has 6 nitrogen and oxygen atoms in total. The van der Waals surface area contributed by atoms with Gasteiger partial charge in [0.15, 0.2) is 11.5 Å². The van der Waals surface area contributed by atoms with Crippen LogP contribution in [0.1, 0.15) is 79.1 Å². The quantitative estimate of drug-likeness (QED) is 0.653. The average molecular weight is 453 g/mol.